The van der Waals surface area contributed by atoms with E-state index in [1.807, 2.05) is 83.1 Å². The van der Waals surface area contributed by atoms with E-state index in [4.69, 9.17) is 0 Å². The highest BCUT2D eigenvalue weighted by Gasteiger charge is 2.06. The summed E-state index contributed by atoms with van der Waals surface area (Å²) in [6.45, 7) is 3.87. The number of rotatable bonds is 6. The van der Waals surface area contributed by atoms with Gasteiger partial charge in [0, 0.05) is 24.5 Å². The molecule has 3 heterocycles. The van der Waals surface area contributed by atoms with Gasteiger partial charge in [0.1, 0.15) is 0 Å². The highest BCUT2D eigenvalue weighted by atomic mass is 15.3. The molecule has 4 rings (SSSR count). The van der Waals surface area contributed by atoms with Gasteiger partial charge >= 0.3 is 0 Å². The van der Waals surface area contributed by atoms with Crippen molar-refractivity contribution in [3.05, 3.63) is 78.5 Å². The van der Waals surface area contributed by atoms with Crippen LogP contribution in [0, 0.1) is 0 Å². The smallest absolute Gasteiger partial charge is 0.191 e. The van der Waals surface area contributed by atoms with Gasteiger partial charge < -0.3 is 10.6 Å². The first kappa shape index (κ1) is 17.7. The monoisotopic (exact) mass is 374 g/mol. The lowest BCUT2D eigenvalue weighted by Crippen LogP contribution is -2.37. The van der Waals surface area contributed by atoms with E-state index >= 15 is 0 Å². The first-order valence-corrected chi connectivity index (χ1v) is 9.23. The molecule has 0 spiro atoms. The van der Waals surface area contributed by atoms with Crippen molar-refractivity contribution >= 4 is 11.6 Å². The Morgan fingerprint density at radius 2 is 1.89 bits per heavy atom. The average molecular weight is 374 g/mol. The molecular weight excluding hydrogens is 352 g/mol. The van der Waals surface area contributed by atoms with E-state index in [2.05, 4.69) is 30.9 Å². The Morgan fingerprint density at radius 1 is 1.04 bits per heavy atom. The number of hydrogen-bond acceptors (Lipinski definition) is 4. The maximum Gasteiger partial charge on any atom is 0.191 e. The molecular formula is C20H22N8. The third-order valence-corrected chi connectivity index (χ3v) is 4.22. The summed E-state index contributed by atoms with van der Waals surface area (Å²) in [6.07, 6.45) is 5.79. The minimum absolute atomic E-state index is 0.528. The summed E-state index contributed by atoms with van der Waals surface area (Å²) < 4.78 is 3.81. The lowest BCUT2D eigenvalue weighted by Gasteiger charge is -2.10. The molecule has 0 fully saturated rings. The largest absolute Gasteiger partial charge is 0.357 e. The summed E-state index contributed by atoms with van der Waals surface area (Å²) in [5.74, 6) is 1.56. The highest BCUT2D eigenvalue weighted by molar-refractivity contribution is 5.79. The van der Waals surface area contributed by atoms with Crippen LogP contribution in [0.2, 0.25) is 0 Å². The van der Waals surface area contributed by atoms with Crippen molar-refractivity contribution in [2.45, 2.75) is 20.0 Å². The van der Waals surface area contributed by atoms with Gasteiger partial charge in [0.15, 0.2) is 17.4 Å². The Hall–Kier alpha value is -3.68. The zero-order chi connectivity index (χ0) is 19.2. The molecule has 0 aliphatic rings. The molecule has 8 heteroatoms. The Kier molecular flexibility index (Phi) is 5.28. The van der Waals surface area contributed by atoms with E-state index in [9.17, 15) is 0 Å². The van der Waals surface area contributed by atoms with E-state index in [-0.39, 0.29) is 0 Å². The van der Waals surface area contributed by atoms with Gasteiger partial charge in [0.25, 0.3) is 0 Å². The zero-order valence-electron chi connectivity index (χ0n) is 15.7. The number of pyridine rings is 1. The molecule has 0 aliphatic heterocycles. The summed E-state index contributed by atoms with van der Waals surface area (Å²) in [7, 11) is 0. The van der Waals surface area contributed by atoms with Gasteiger partial charge in [-0.1, -0.05) is 24.3 Å². The van der Waals surface area contributed by atoms with E-state index in [0.29, 0.717) is 13.1 Å². The van der Waals surface area contributed by atoms with E-state index in [1.165, 1.54) is 0 Å². The molecule has 0 unspecified atom stereocenters. The third kappa shape index (κ3) is 4.01. The lowest BCUT2D eigenvalue weighted by molar-refractivity contribution is 0.765. The molecule has 0 atom stereocenters. The number of guanidine groups is 1. The maximum absolute atomic E-state index is 4.65. The van der Waals surface area contributed by atoms with Crippen molar-refractivity contribution in [1.82, 2.24) is 35.0 Å². The van der Waals surface area contributed by atoms with Gasteiger partial charge in [0.05, 0.1) is 25.0 Å². The van der Waals surface area contributed by atoms with Crippen molar-refractivity contribution in [3.8, 4) is 5.69 Å². The van der Waals surface area contributed by atoms with Crippen LogP contribution in [-0.2, 0) is 13.1 Å². The number of nitrogens with one attached hydrogen (secondary N) is 2. The summed E-state index contributed by atoms with van der Waals surface area (Å²) in [5.41, 5.74) is 2.89. The number of para-hydroxylation sites is 1. The van der Waals surface area contributed by atoms with Crippen LogP contribution >= 0.6 is 0 Å². The molecule has 2 N–H and O–H groups in total. The second kappa shape index (κ2) is 8.34. The van der Waals surface area contributed by atoms with Crippen molar-refractivity contribution in [2.24, 2.45) is 4.99 Å². The molecule has 4 aromatic rings. The van der Waals surface area contributed by atoms with Gasteiger partial charge in [-0.3, -0.25) is 4.40 Å². The Bertz CT molecular complexity index is 1060. The number of benzene rings is 1. The molecule has 8 nitrogen and oxygen atoms in total. The van der Waals surface area contributed by atoms with Crippen LogP contribution in [0.4, 0.5) is 0 Å². The van der Waals surface area contributed by atoms with Gasteiger partial charge in [-0.25, -0.2) is 9.67 Å². The topological polar surface area (TPSA) is 84.4 Å². The molecule has 1 aromatic carbocycles. The predicted molar refractivity (Wildman–Crippen MR) is 108 cm³/mol. The third-order valence-electron chi connectivity index (χ3n) is 4.22. The molecule has 0 radical (unpaired) electrons. The molecule has 0 saturated heterocycles. The molecule has 28 heavy (non-hydrogen) atoms. The van der Waals surface area contributed by atoms with E-state index < -0.39 is 0 Å². The fourth-order valence-corrected chi connectivity index (χ4v) is 2.85. The van der Waals surface area contributed by atoms with Crippen molar-refractivity contribution in [2.75, 3.05) is 6.54 Å². The molecule has 3 aromatic heterocycles. The first-order valence-electron chi connectivity index (χ1n) is 9.23. The summed E-state index contributed by atoms with van der Waals surface area (Å²) >= 11 is 0. The number of aliphatic imine (C=N–C) groups is 1. The number of fused-ring (bicyclic) bond motifs is 1. The Morgan fingerprint density at radius 3 is 2.75 bits per heavy atom. The fraction of sp³-hybridized carbons (Fsp3) is 0.200. The van der Waals surface area contributed by atoms with Crippen LogP contribution in [-0.4, -0.2) is 36.9 Å². The lowest BCUT2D eigenvalue weighted by atomic mass is 10.3. The normalized spacial score (nSPS) is 11.7. The zero-order valence-corrected chi connectivity index (χ0v) is 15.7. The second-order valence-corrected chi connectivity index (χ2v) is 6.22. The van der Waals surface area contributed by atoms with E-state index in [0.717, 1.165) is 35.2 Å². The minimum atomic E-state index is 0.528. The Balaban J connectivity index is 1.43. The molecule has 142 valence electrons. The Labute approximate surface area is 162 Å². The van der Waals surface area contributed by atoms with Crippen LogP contribution in [0.15, 0.2) is 72.1 Å². The van der Waals surface area contributed by atoms with Gasteiger partial charge in [-0.2, -0.15) is 5.10 Å². The van der Waals surface area contributed by atoms with Crippen molar-refractivity contribution in [1.29, 1.82) is 0 Å². The molecule has 0 aliphatic carbocycles. The van der Waals surface area contributed by atoms with Gasteiger partial charge in [-0.05, 0) is 31.2 Å². The number of hydrogen-bond donors (Lipinski definition) is 2. The van der Waals surface area contributed by atoms with Gasteiger partial charge in [-0.15, -0.1) is 10.2 Å². The number of nitrogens with zero attached hydrogens (tertiary/aromatic N) is 6. The highest BCUT2D eigenvalue weighted by Crippen LogP contribution is 2.08. The first-order chi connectivity index (χ1) is 13.8. The molecule has 0 amide bonds. The van der Waals surface area contributed by atoms with Crippen LogP contribution in [0.25, 0.3) is 11.3 Å². The molecule has 0 bridgehead atoms. The standard InChI is InChI=1S/C20H22N8/c1-2-21-20(23-14-19-26-25-18-10-6-7-11-27(18)19)22-12-16-13-24-28(15-16)17-8-4-3-5-9-17/h3-11,13,15H,2,12,14H2,1H3,(H2,21,22,23). The average Bonchev–Trinajstić information content (AvgIpc) is 3.38. The van der Waals surface area contributed by atoms with Crippen molar-refractivity contribution in [3.63, 3.8) is 0 Å². The SMILES string of the molecule is CCNC(=NCc1cnn(-c2ccccc2)c1)NCc1nnc2ccccn12. The predicted octanol–water partition coefficient (Wildman–Crippen LogP) is 2.17. The quantitative estimate of drug-likeness (QED) is 0.399. The molecule has 0 saturated carbocycles. The van der Waals surface area contributed by atoms with Crippen LogP contribution in [0.3, 0.4) is 0 Å². The van der Waals surface area contributed by atoms with Crippen LogP contribution in [0.1, 0.15) is 18.3 Å². The summed E-state index contributed by atoms with van der Waals surface area (Å²) in [6, 6.07) is 15.9. The van der Waals surface area contributed by atoms with Crippen molar-refractivity contribution < 1.29 is 0 Å². The minimum Gasteiger partial charge on any atom is -0.357 e. The summed E-state index contributed by atoms with van der Waals surface area (Å²) in [5, 5.41) is 19.4. The fourth-order valence-electron chi connectivity index (χ4n) is 2.85. The number of aromatic nitrogens is 5. The second-order valence-electron chi connectivity index (χ2n) is 6.22. The van der Waals surface area contributed by atoms with Crippen LogP contribution in [0.5, 0.6) is 0 Å². The van der Waals surface area contributed by atoms with E-state index in [1.54, 1.807) is 0 Å². The van der Waals surface area contributed by atoms with Crippen LogP contribution < -0.4 is 10.6 Å². The maximum atomic E-state index is 4.65. The van der Waals surface area contributed by atoms with Gasteiger partial charge in [0.2, 0.25) is 0 Å². The summed E-state index contributed by atoms with van der Waals surface area (Å²) in [4.78, 5) is 4.65.